The summed E-state index contributed by atoms with van der Waals surface area (Å²) in [6, 6.07) is -0.260. The Balaban J connectivity index is 1.87. The van der Waals surface area contributed by atoms with E-state index in [9.17, 15) is 18.8 Å². The molecule has 1 aliphatic rings. The fourth-order valence-electron chi connectivity index (χ4n) is 3.28. The number of nitrogens with zero attached hydrogens (tertiary/aromatic N) is 4. The van der Waals surface area contributed by atoms with Gasteiger partial charge in [-0.05, 0) is 18.9 Å². The summed E-state index contributed by atoms with van der Waals surface area (Å²) in [7, 11) is 1.49. The average molecular weight is 442 g/mol. The highest BCUT2D eigenvalue weighted by Crippen LogP contribution is 2.31. The van der Waals surface area contributed by atoms with Gasteiger partial charge < -0.3 is 25.4 Å². The number of aliphatic carboxylic acids is 2. The van der Waals surface area contributed by atoms with E-state index in [4.69, 9.17) is 10.2 Å². The van der Waals surface area contributed by atoms with Crippen molar-refractivity contribution in [2.75, 3.05) is 13.6 Å². The van der Waals surface area contributed by atoms with Crippen LogP contribution in [0.15, 0.2) is 46.3 Å². The number of halogens is 1. The van der Waals surface area contributed by atoms with E-state index in [2.05, 4.69) is 32.0 Å². The number of rotatable bonds is 8. The summed E-state index contributed by atoms with van der Waals surface area (Å²) in [4.78, 5) is 50.9. The quantitative estimate of drug-likeness (QED) is 0.444. The molecule has 0 fully saturated rings. The monoisotopic (exact) mass is 442 g/mol. The van der Waals surface area contributed by atoms with Gasteiger partial charge in [-0.2, -0.15) is 0 Å². The van der Waals surface area contributed by atoms with Crippen molar-refractivity contribution in [3.8, 4) is 0 Å². The maximum atomic E-state index is 13.7. The summed E-state index contributed by atoms with van der Waals surface area (Å²) in [5.74, 6) is -3.71. The smallest absolute Gasteiger partial charge is 0.326 e. The molecule has 12 heteroatoms. The molecule has 1 aliphatic heterocycles. The molecule has 0 spiro atoms. The molecule has 166 valence electrons. The van der Waals surface area contributed by atoms with Crippen LogP contribution in [0, 0.1) is 5.82 Å². The van der Waals surface area contributed by atoms with E-state index in [0.717, 1.165) is 6.20 Å². The van der Waals surface area contributed by atoms with Crippen molar-refractivity contribution in [3.05, 3.63) is 47.7 Å². The van der Waals surface area contributed by atoms with Gasteiger partial charge in [0.05, 0.1) is 18.3 Å². The first-order valence-electron chi connectivity index (χ1n) is 9.25. The van der Waals surface area contributed by atoms with Gasteiger partial charge in [-0.1, -0.05) is 0 Å². The number of carboxylic acid groups (broad SMARTS) is 2. The molecule has 1 atom stereocenters. The van der Waals surface area contributed by atoms with Crippen molar-refractivity contribution in [1.29, 1.82) is 0 Å². The third kappa shape index (κ3) is 4.53. The average Bonchev–Trinajstić information content (AvgIpc) is 3.32. The topological polar surface area (TPSA) is 160 Å². The number of carbonyl (C=O) groups is 3. The van der Waals surface area contributed by atoms with Gasteiger partial charge in [-0.15, -0.1) is 0 Å². The number of aliphatic imine (C=N–C) groups is 2. The second-order valence-corrected chi connectivity index (χ2v) is 6.72. The zero-order valence-electron chi connectivity index (χ0n) is 16.9. The minimum Gasteiger partial charge on any atom is -0.481 e. The van der Waals surface area contributed by atoms with E-state index in [1.807, 2.05) is 0 Å². The van der Waals surface area contributed by atoms with Crippen LogP contribution in [0.3, 0.4) is 0 Å². The van der Waals surface area contributed by atoms with Crippen LogP contribution in [0.1, 0.15) is 12.0 Å². The van der Waals surface area contributed by atoms with Crippen molar-refractivity contribution < 1.29 is 29.0 Å². The molecule has 0 aliphatic carbocycles. The second-order valence-electron chi connectivity index (χ2n) is 6.72. The van der Waals surface area contributed by atoms with Gasteiger partial charge >= 0.3 is 11.9 Å². The lowest BCUT2D eigenvalue weighted by Gasteiger charge is -2.19. The number of aromatic amines is 1. The molecule has 0 bridgehead atoms. The highest BCUT2D eigenvalue weighted by Gasteiger charge is 2.28. The maximum absolute atomic E-state index is 13.7. The molecule has 1 unspecified atom stereocenters. The van der Waals surface area contributed by atoms with E-state index in [1.54, 1.807) is 18.5 Å². The first-order chi connectivity index (χ1) is 15.2. The number of carboxylic acids is 2. The van der Waals surface area contributed by atoms with Crippen molar-refractivity contribution in [3.63, 3.8) is 0 Å². The van der Waals surface area contributed by atoms with Gasteiger partial charge in [0, 0.05) is 36.0 Å². The predicted molar refractivity (Wildman–Crippen MR) is 114 cm³/mol. The first kappa shape index (κ1) is 22.3. The van der Waals surface area contributed by atoms with E-state index in [0.29, 0.717) is 33.7 Å². The van der Waals surface area contributed by atoms with Crippen molar-refractivity contribution in [1.82, 2.24) is 20.2 Å². The molecule has 2 aromatic rings. The zero-order chi connectivity index (χ0) is 23.4. The molecule has 4 N–H and O–H groups in total. The van der Waals surface area contributed by atoms with Crippen LogP contribution >= 0.6 is 0 Å². The molecular weight excluding hydrogens is 423 g/mol. The van der Waals surface area contributed by atoms with Gasteiger partial charge in [-0.25, -0.2) is 14.2 Å². The maximum Gasteiger partial charge on any atom is 0.326 e. The summed E-state index contributed by atoms with van der Waals surface area (Å²) in [5.41, 5.74) is 1.86. The summed E-state index contributed by atoms with van der Waals surface area (Å²) in [5, 5.41) is 20.6. The Kier molecular flexibility index (Phi) is 6.42. The van der Waals surface area contributed by atoms with Crippen molar-refractivity contribution in [2.24, 2.45) is 9.98 Å². The number of hydrogen-bond acceptors (Lipinski definition) is 6. The molecule has 0 saturated carbocycles. The molecule has 1 amide bonds. The third-order valence-electron chi connectivity index (χ3n) is 4.64. The Morgan fingerprint density at radius 3 is 2.75 bits per heavy atom. The number of pyridine rings is 1. The third-order valence-corrected chi connectivity index (χ3v) is 4.64. The van der Waals surface area contributed by atoms with Gasteiger partial charge in [0.25, 0.3) is 0 Å². The van der Waals surface area contributed by atoms with Crippen LogP contribution in [-0.4, -0.2) is 75.1 Å². The Labute approximate surface area is 180 Å². The van der Waals surface area contributed by atoms with E-state index >= 15 is 0 Å². The molecule has 3 rings (SSSR count). The SMILES string of the molecule is C=N/C(=C1/C=CN(CC(=O)NC(CC(=O)O)C(=O)O)/C1=N/C)c1c[nH]c2ncc(F)cc12. The Morgan fingerprint density at radius 1 is 1.38 bits per heavy atom. The van der Waals surface area contributed by atoms with Crippen LogP contribution in [0.25, 0.3) is 16.7 Å². The summed E-state index contributed by atoms with van der Waals surface area (Å²) < 4.78 is 13.7. The lowest BCUT2D eigenvalue weighted by atomic mass is 10.1. The normalized spacial score (nSPS) is 16.9. The highest BCUT2D eigenvalue weighted by atomic mass is 19.1. The molecule has 0 aromatic carbocycles. The molecule has 32 heavy (non-hydrogen) atoms. The van der Waals surface area contributed by atoms with E-state index in [-0.39, 0.29) is 6.54 Å². The van der Waals surface area contributed by atoms with Crippen molar-refractivity contribution in [2.45, 2.75) is 12.5 Å². The fourth-order valence-corrected chi connectivity index (χ4v) is 3.28. The standard InChI is InChI=1S/C20H19FN6O5/c1-22-17(13-8-25-18-12(13)5-10(21)7-24-18)11-3-4-27(19(11)23-2)9-15(28)26-14(20(31)32)6-16(29)30/h3-5,7-8,14H,1,6,9H2,2H3,(H,24,25)(H,26,28)(H,29,30)(H,31,32)/b17-11-,23-19+. The Bertz CT molecular complexity index is 1200. The molecule has 2 aromatic heterocycles. The van der Waals surface area contributed by atoms with Crippen LogP contribution in [0.4, 0.5) is 4.39 Å². The summed E-state index contributed by atoms with van der Waals surface area (Å²) >= 11 is 0. The first-order valence-corrected chi connectivity index (χ1v) is 9.25. The van der Waals surface area contributed by atoms with E-state index in [1.165, 1.54) is 18.0 Å². The summed E-state index contributed by atoms with van der Waals surface area (Å²) in [6.45, 7) is 3.27. The van der Waals surface area contributed by atoms with E-state index < -0.39 is 36.1 Å². The molecule has 11 nitrogen and oxygen atoms in total. The summed E-state index contributed by atoms with van der Waals surface area (Å²) in [6.07, 6.45) is 5.11. The lowest BCUT2D eigenvalue weighted by molar-refractivity contribution is -0.147. The highest BCUT2D eigenvalue weighted by molar-refractivity contribution is 6.12. The van der Waals surface area contributed by atoms with Gasteiger partial charge in [0.2, 0.25) is 5.91 Å². The number of amidine groups is 1. The largest absolute Gasteiger partial charge is 0.481 e. The predicted octanol–water partition coefficient (Wildman–Crippen LogP) is 1.02. The fraction of sp³-hybridized carbons (Fsp3) is 0.200. The Morgan fingerprint density at radius 2 is 2.12 bits per heavy atom. The number of fused-ring (bicyclic) bond motifs is 1. The van der Waals surface area contributed by atoms with Gasteiger partial charge in [-0.3, -0.25) is 19.6 Å². The second kappa shape index (κ2) is 9.20. The molecular formula is C20H19FN6O5. The number of H-pyrrole nitrogens is 1. The molecule has 3 heterocycles. The molecule has 0 saturated heterocycles. The lowest BCUT2D eigenvalue weighted by Crippen LogP contribution is -2.46. The number of amides is 1. The number of aromatic nitrogens is 2. The van der Waals surface area contributed by atoms with Crippen LogP contribution in [0.5, 0.6) is 0 Å². The number of carbonyl (C=O) groups excluding carboxylic acids is 1. The molecule has 0 radical (unpaired) electrons. The minimum atomic E-state index is -1.57. The van der Waals surface area contributed by atoms with Crippen LogP contribution in [0.2, 0.25) is 0 Å². The number of nitrogens with one attached hydrogen (secondary N) is 2. The minimum absolute atomic E-state index is 0.315. The van der Waals surface area contributed by atoms with Gasteiger partial charge in [0.15, 0.2) is 0 Å². The van der Waals surface area contributed by atoms with Crippen LogP contribution < -0.4 is 5.32 Å². The van der Waals surface area contributed by atoms with Crippen LogP contribution in [-0.2, 0) is 14.4 Å². The Hall–Kier alpha value is -4.35. The van der Waals surface area contributed by atoms with Crippen molar-refractivity contribution >= 4 is 47.1 Å². The zero-order valence-corrected chi connectivity index (χ0v) is 16.9. The van der Waals surface area contributed by atoms with Gasteiger partial charge in [0.1, 0.15) is 29.9 Å². The number of hydrogen-bond donors (Lipinski definition) is 4.